The van der Waals surface area contributed by atoms with Crippen molar-refractivity contribution in [2.24, 2.45) is 0 Å². The van der Waals surface area contributed by atoms with E-state index in [0.717, 1.165) is 6.42 Å². The number of quaternary nitrogens is 1. The second-order valence-electron chi connectivity index (χ2n) is 3.26. The predicted octanol–water partition coefficient (Wildman–Crippen LogP) is -1.93. The largest absolute Gasteiger partial charge is 0.322 e. The summed E-state index contributed by atoms with van der Waals surface area (Å²) in [4.78, 5) is 1.50. The Labute approximate surface area is 60.9 Å². The molecule has 2 heterocycles. The van der Waals surface area contributed by atoms with Gasteiger partial charge in [0.15, 0.2) is 9.84 Å². The lowest BCUT2D eigenvalue weighted by Gasteiger charge is -2.01. The van der Waals surface area contributed by atoms with Crippen LogP contribution in [0.25, 0.3) is 0 Å². The van der Waals surface area contributed by atoms with Gasteiger partial charge in [-0.1, -0.05) is 0 Å². The Morgan fingerprint density at radius 1 is 1.30 bits per heavy atom. The van der Waals surface area contributed by atoms with Crippen molar-refractivity contribution in [3.05, 3.63) is 0 Å². The zero-order chi connectivity index (χ0) is 7.19. The molecule has 2 fully saturated rings. The zero-order valence-electron chi connectivity index (χ0n) is 5.84. The van der Waals surface area contributed by atoms with Gasteiger partial charge in [0, 0.05) is 6.42 Å². The molecule has 0 saturated carbocycles. The van der Waals surface area contributed by atoms with Gasteiger partial charge in [0.1, 0.15) is 24.9 Å². The van der Waals surface area contributed by atoms with Gasteiger partial charge in [0.2, 0.25) is 0 Å². The molecule has 1 N–H and O–H groups in total. The molecular weight excluding hydrogens is 150 g/mol. The summed E-state index contributed by atoms with van der Waals surface area (Å²) in [5.41, 5.74) is 0. The zero-order valence-corrected chi connectivity index (χ0v) is 6.65. The Morgan fingerprint density at radius 3 is 2.40 bits per heavy atom. The molecule has 2 aliphatic heterocycles. The summed E-state index contributed by atoms with van der Waals surface area (Å²) in [7, 11) is -2.62. The van der Waals surface area contributed by atoms with E-state index >= 15 is 0 Å². The molecule has 58 valence electrons. The van der Waals surface area contributed by atoms with E-state index in [-0.39, 0.29) is 0 Å². The van der Waals surface area contributed by atoms with E-state index in [2.05, 4.69) is 0 Å². The molecule has 0 spiro atoms. The van der Waals surface area contributed by atoms with Crippen LogP contribution in [-0.2, 0) is 9.84 Å². The molecule has 0 bridgehead atoms. The maximum absolute atomic E-state index is 11.0. The molecule has 0 aromatic carbocycles. The van der Waals surface area contributed by atoms with Crippen LogP contribution in [0.2, 0.25) is 0 Å². The van der Waals surface area contributed by atoms with Crippen molar-refractivity contribution in [1.29, 1.82) is 0 Å². The van der Waals surface area contributed by atoms with Crippen LogP contribution in [0.5, 0.6) is 0 Å². The number of nitrogens with one attached hydrogen (secondary N) is 1. The van der Waals surface area contributed by atoms with Crippen LogP contribution in [-0.4, -0.2) is 39.1 Å². The van der Waals surface area contributed by atoms with Gasteiger partial charge in [-0.3, -0.25) is 0 Å². The lowest BCUT2D eigenvalue weighted by atomic mass is 10.3. The highest BCUT2D eigenvalue weighted by molar-refractivity contribution is 7.91. The minimum Gasteiger partial charge on any atom is -0.322 e. The third-order valence-corrected chi connectivity index (χ3v) is 4.12. The molecule has 0 unspecified atom stereocenters. The third-order valence-electron chi connectivity index (χ3n) is 2.35. The van der Waals surface area contributed by atoms with Gasteiger partial charge in [-0.15, -0.1) is 0 Å². The quantitative estimate of drug-likeness (QED) is 0.456. The van der Waals surface area contributed by atoms with E-state index < -0.39 is 9.84 Å². The first-order chi connectivity index (χ1) is 4.67. The molecule has 4 heteroatoms. The van der Waals surface area contributed by atoms with E-state index in [1.807, 2.05) is 0 Å². The first-order valence-corrected chi connectivity index (χ1v) is 5.54. The van der Waals surface area contributed by atoms with Crippen LogP contribution in [0.15, 0.2) is 0 Å². The van der Waals surface area contributed by atoms with Crippen molar-refractivity contribution in [3.8, 4) is 0 Å². The summed E-state index contributed by atoms with van der Waals surface area (Å²) in [6.07, 6.45) is 0.900. The van der Waals surface area contributed by atoms with E-state index in [1.54, 1.807) is 0 Å². The van der Waals surface area contributed by atoms with E-state index in [4.69, 9.17) is 0 Å². The average molecular weight is 162 g/mol. The fraction of sp³-hybridized carbons (Fsp3) is 1.00. The maximum Gasteiger partial charge on any atom is 0.156 e. The Balaban J connectivity index is 2.05. The van der Waals surface area contributed by atoms with Crippen molar-refractivity contribution in [2.75, 3.05) is 24.6 Å². The van der Waals surface area contributed by atoms with Crippen LogP contribution in [0.1, 0.15) is 6.42 Å². The topological polar surface area (TPSA) is 38.6 Å². The summed E-state index contributed by atoms with van der Waals surface area (Å²) in [6, 6.07) is 0.449. The Morgan fingerprint density at radius 2 is 2.00 bits per heavy atom. The van der Waals surface area contributed by atoms with Gasteiger partial charge < -0.3 is 4.90 Å². The molecule has 0 aliphatic carbocycles. The summed E-state index contributed by atoms with van der Waals surface area (Å²) in [6.45, 7) is 2.39. The third kappa shape index (κ3) is 1.18. The number of hydrogen-bond acceptors (Lipinski definition) is 2. The van der Waals surface area contributed by atoms with Gasteiger partial charge in [0.05, 0.1) is 5.75 Å². The van der Waals surface area contributed by atoms with Crippen molar-refractivity contribution in [3.63, 3.8) is 0 Å². The number of rotatable bonds is 1. The monoisotopic (exact) mass is 162 g/mol. The van der Waals surface area contributed by atoms with Gasteiger partial charge in [0.25, 0.3) is 0 Å². The van der Waals surface area contributed by atoms with Gasteiger partial charge in [-0.25, -0.2) is 8.42 Å². The summed E-state index contributed by atoms with van der Waals surface area (Å²) in [5.74, 6) is 0.878. The van der Waals surface area contributed by atoms with Crippen LogP contribution < -0.4 is 4.90 Å². The summed E-state index contributed by atoms with van der Waals surface area (Å²) in [5, 5.41) is 0. The van der Waals surface area contributed by atoms with E-state index in [9.17, 15) is 8.42 Å². The lowest BCUT2D eigenvalue weighted by molar-refractivity contribution is -0.785. The molecule has 2 rings (SSSR count). The van der Waals surface area contributed by atoms with Crippen molar-refractivity contribution in [1.82, 2.24) is 0 Å². The Kier molecular flexibility index (Phi) is 1.29. The molecule has 2 aliphatic rings. The van der Waals surface area contributed by atoms with E-state index in [1.165, 1.54) is 18.0 Å². The van der Waals surface area contributed by atoms with Crippen molar-refractivity contribution >= 4 is 9.84 Å². The normalized spacial score (nSPS) is 38.2. The summed E-state index contributed by atoms with van der Waals surface area (Å²) >= 11 is 0. The van der Waals surface area contributed by atoms with Crippen molar-refractivity contribution in [2.45, 2.75) is 12.5 Å². The molecular formula is C6H12NO2S+. The smallest absolute Gasteiger partial charge is 0.156 e. The predicted molar refractivity (Wildman–Crippen MR) is 37.8 cm³/mol. The minimum atomic E-state index is -2.62. The molecule has 0 amide bonds. The SMILES string of the molecule is O=S1(=O)CC[C@H]([NH+]2CC2)C1. The molecule has 1 atom stereocenters. The first-order valence-electron chi connectivity index (χ1n) is 3.72. The van der Waals surface area contributed by atoms with Crippen LogP contribution in [0, 0.1) is 0 Å². The number of hydrogen-bond donors (Lipinski definition) is 1. The molecule has 10 heavy (non-hydrogen) atoms. The highest BCUT2D eigenvalue weighted by Crippen LogP contribution is 2.09. The van der Waals surface area contributed by atoms with E-state index in [0.29, 0.717) is 17.5 Å². The average Bonchev–Trinajstić information content (AvgIpc) is 2.59. The van der Waals surface area contributed by atoms with Crippen molar-refractivity contribution < 1.29 is 13.3 Å². The molecule has 0 aromatic heterocycles. The highest BCUT2D eigenvalue weighted by atomic mass is 32.2. The van der Waals surface area contributed by atoms with Crippen LogP contribution >= 0.6 is 0 Å². The van der Waals surface area contributed by atoms with Crippen LogP contribution in [0.3, 0.4) is 0 Å². The van der Waals surface area contributed by atoms with Crippen LogP contribution in [0.4, 0.5) is 0 Å². The second kappa shape index (κ2) is 1.95. The molecule has 3 nitrogen and oxygen atoms in total. The maximum atomic E-state index is 11.0. The molecule has 0 aromatic rings. The molecule has 2 saturated heterocycles. The van der Waals surface area contributed by atoms with Gasteiger partial charge >= 0.3 is 0 Å². The fourth-order valence-corrected chi connectivity index (χ4v) is 3.42. The second-order valence-corrected chi connectivity index (χ2v) is 5.49. The number of sulfone groups is 1. The molecule has 0 radical (unpaired) electrons. The summed E-state index contributed by atoms with van der Waals surface area (Å²) < 4.78 is 21.9. The lowest BCUT2D eigenvalue weighted by Crippen LogP contribution is -2.98. The van der Waals surface area contributed by atoms with Gasteiger partial charge in [-0.2, -0.15) is 0 Å². The fourth-order valence-electron chi connectivity index (χ4n) is 1.60. The first kappa shape index (κ1) is 6.61. The van der Waals surface area contributed by atoms with Gasteiger partial charge in [-0.05, 0) is 0 Å². The Bertz CT molecular complexity index is 230. The Hall–Kier alpha value is -0.0900. The minimum absolute atomic E-state index is 0.432. The highest BCUT2D eigenvalue weighted by Gasteiger charge is 2.40. The standard InChI is InChI=1S/C6H11NO2S/c8-10(9)4-1-6(5-10)7-2-3-7/h6H,1-5H2/p+1/t6-/m0/s1.